The second kappa shape index (κ2) is 4.14. The maximum atomic E-state index is 6.16. The van der Waals surface area contributed by atoms with Gasteiger partial charge in [0, 0.05) is 37.1 Å². The minimum Gasteiger partial charge on any atom is -0.398 e. The first kappa shape index (κ1) is 11.0. The molecule has 0 fully saturated rings. The molecule has 0 aliphatic rings. The van der Waals surface area contributed by atoms with Crippen LogP contribution in [0.5, 0.6) is 0 Å². The molecule has 0 spiro atoms. The van der Waals surface area contributed by atoms with Crippen LogP contribution >= 0.6 is 11.6 Å². The van der Waals surface area contributed by atoms with Crippen LogP contribution in [0.3, 0.4) is 0 Å². The lowest BCUT2D eigenvalue weighted by Crippen LogP contribution is -1.97. The van der Waals surface area contributed by atoms with Gasteiger partial charge in [-0.15, -0.1) is 0 Å². The zero-order valence-corrected chi connectivity index (χ0v) is 9.99. The Morgan fingerprint density at radius 3 is 2.81 bits per heavy atom. The van der Waals surface area contributed by atoms with Gasteiger partial charge in [0.2, 0.25) is 0 Å². The summed E-state index contributed by atoms with van der Waals surface area (Å²) in [5.41, 5.74) is 9.50. The fraction of sp³-hybridized carbons (Fsp3) is 0.273. The summed E-state index contributed by atoms with van der Waals surface area (Å²) in [6.45, 7) is 1.94. The van der Waals surface area contributed by atoms with Crippen molar-refractivity contribution in [1.29, 1.82) is 0 Å². The smallest absolute Gasteiger partial charge is 0.130 e. The summed E-state index contributed by atoms with van der Waals surface area (Å²) in [5.74, 6) is 0. The molecule has 0 saturated carbocycles. The van der Waals surface area contributed by atoms with E-state index in [-0.39, 0.29) is 0 Å². The molecule has 2 aromatic heterocycles. The molecule has 2 N–H and O–H groups in total. The topological polar surface area (TPSA) is 56.7 Å². The van der Waals surface area contributed by atoms with E-state index in [1.165, 1.54) is 0 Å². The highest BCUT2D eigenvalue weighted by atomic mass is 35.5. The van der Waals surface area contributed by atoms with E-state index in [4.69, 9.17) is 17.3 Å². The molecule has 0 unspecified atom stereocenters. The SMILES string of the molecule is Cc1nn(C)c(Cl)c1Cc1cnccc1N. The molecule has 0 aliphatic carbocycles. The summed E-state index contributed by atoms with van der Waals surface area (Å²) in [4.78, 5) is 4.06. The summed E-state index contributed by atoms with van der Waals surface area (Å²) in [6.07, 6.45) is 4.10. The van der Waals surface area contributed by atoms with Crippen molar-refractivity contribution in [2.75, 3.05) is 5.73 Å². The summed E-state index contributed by atoms with van der Waals surface area (Å²) < 4.78 is 1.67. The number of halogens is 1. The van der Waals surface area contributed by atoms with E-state index < -0.39 is 0 Å². The van der Waals surface area contributed by atoms with Gasteiger partial charge >= 0.3 is 0 Å². The largest absolute Gasteiger partial charge is 0.398 e. The lowest BCUT2D eigenvalue weighted by atomic mass is 10.1. The van der Waals surface area contributed by atoms with E-state index in [2.05, 4.69) is 10.1 Å². The van der Waals surface area contributed by atoms with Crippen LogP contribution in [0.25, 0.3) is 0 Å². The normalized spacial score (nSPS) is 10.7. The number of nitrogens with two attached hydrogens (primary N) is 1. The van der Waals surface area contributed by atoms with Gasteiger partial charge < -0.3 is 5.73 Å². The molecule has 2 heterocycles. The minimum absolute atomic E-state index is 0.653. The molecule has 2 aromatic rings. The number of anilines is 1. The number of nitrogens with zero attached hydrogens (tertiary/aromatic N) is 3. The Morgan fingerprint density at radius 2 is 2.25 bits per heavy atom. The van der Waals surface area contributed by atoms with Crippen LogP contribution in [0.2, 0.25) is 5.15 Å². The number of aryl methyl sites for hydroxylation is 2. The minimum atomic E-state index is 0.653. The molecule has 0 bridgehead atoms. The second-order valence-corrected chi connectivity index (χ2v) is 4.09. The Balaban J connectivity index is 2.38. The van der Waals surface area contributed by atoms with E-state index in [1.807, 2.05) is 14.0 Å². The Morgan fingerprint density at radius 1 is 1.50 bits per heavy atom. The Hall–Kier alpha value is -1.55. The summed E-state index contributed by atoms with van der Waals surface area (Å²) in [7, 11) is 1.82. The molecule has 0 saturated heterocycles. The highest BCUT2D eigenvalue weighted by Gasteiger charge is 2.12. The average molecular weight is 237 g/mol. The Bertz CT molecular complexity index is 519. The molecule has 0 aromatic carbocycles. The van der Waals surface area contributed by atoms with Gasteiger partial charge in [0.05, 0.1) is 5.69 Å². The molecule has 0 atom stereocenters. The van der Waals surface area contributed by atoms with E-state index in [0.29, 0.717) is 11.6 Å². The number of aromatic nitrogens is 3. The van der Waals surface area contributed by atoms with Crippen molar-refractivity contribution in [2.24, 2.45) is 7.05 Å². The van der Waals surface area contributed by atoms with Crippen molar-refractivity contribution in [3.8, 4) is 0 Å². The zero-order chi connectivity index (χ0) is 11.7. The molecule has 16 heavy (non-hydrogen) atoms. The molecule has 84 valence electrons. The van der Waals surface area contributed by atoms with Gasteiger partial charge in [-0.05, 0) is 18.6 Å². The number of nitrogen functional groups attached to an aromatic ring is 1. The predicted molar refractivity (Wildman–Crippen MR) is 64.4 cm³/mol. The van der Waals surface area contributed by atoms with Crippen molar-refractivity contribution >= 4 is 17.3 Å². The van der Waals surface area contributed by atoms with Gasteiger partial charge in [0.25, 0.3) is 0 Å². The van der Waals surface area contributed by atoms with Crippen molar-refractivity contribution in [3.05, 3.63) is 40.4 Å². The fourth-order valence-corrected chi connectivity index (χ4v) is 1.89. The van der Waals surface area contributed by atoms with Crippen molar-refractivity contribution in [2.45, 2.75) is 13.3 Å². The third kappa shape index (κ3) is 1.88. The van der Waals surface area contributed by atoms with Crippen LogP contribution in [-0.2, 0) is 13.5 Å². The van der Waals surface area contributed by atoms with Crippen LogP contribution in [0.15, 0.2) is 18.5 Å². The number of pyridine rings is 1. The molecule has 4 nitrogen and oxygen atoms in total. The molecule has 0 radical (unpaired) electrons. The van der Waals surface area contributed by atoms with E-state index in [0.717, 1.165) is 22.5 Å². The average Bonchev–Trinajstić information content (AvgIpc) is 2.48. The third-order valence-electron chi connectivity index (χ3n) is 2.58. The summed E-state index contributed by atoms with van der Waals surface area (Å²) in [5, 5.41) is 4.91. The van der Waals surface area contributed by atoms with Crippen molar-refractivity contribution in [1.82, 2.24) is 14.8 Å². The maximum Gasteiger partial charge on any atom is 0.130 e. The zero-order valence-electron chi connectivity index (χ0n) is 9.24. The standard InChI is InChI=1S/C11H13ClN4/c1-7-9(11(12)16(2)15-7)5-8-6-14-4-3-10(8)13/h3-4,6H,5H2,1-2H3,(H2,13,14). The van der Waals surface area contributed by atoms with Crippen LogP contribution in [0, 0.1) is 6.92 Å². The van der Waals surface area contributed by atoms with Gasteiger partial charge in [0.1, 0.15) is 5.15 Å². The molecular weight excluding hydrogens is 224 g/mol. The molecule has 0 aliphatic heterocycles. The number of hydrogen-bond donors (Lipinski definition) is 1. The highest BCUT2D eigenvalue weighted by molar-refractivity contribution is 6.30. The molecular formula is C11H13ClN4. The highest BCUT2D eigenvalue weighted by Crippen LogP contribution is 2.23. The van der Waals surface area contributed by atoms with Gasteiger partial charge in [-0.25, -0.2) is 0 Å². The molecule has 5 heteroatoms. The molecule has 2 rings (SSSR count). The van der Waals surface area contributed by atoms with E-state index >= 15 is 0 Å². The lowest BCUT2D eigenvalue weighted by Gasteiger charge is -2.04. The van der Waals surface area contributed by atoms with E-state index in [1.54, 1.807) is 23.1 Å². The molecule has 0 amide bonds. The first-order valence-electron chi connectivity index (χ1n) is 4.96. The number of rotatable bonds is 2. The van der Waals surface area contributed by atoms with E-state index in [9.17, 15) is 0 Å². The van der Waals surface area contributed by atoms with Crippen LogP contribution in [0.1, 0.15) is 16.8 Å². The Labute approximate surface area is 99.1 Å². The first-order valence-corrected chi connectivity index (χ1v) is 5.33. The van der Waals surface area contributed by atoms with Gasteiger partial charge in [-0.1, -0.05) is 11.6 Å². The maximum absolute atomic E-state index is 6.16. The third-order valence-corrected chi connectivity index (χ3v) is 3.05. The van der Waals surface area contributed by atoms with Gasteiger partial charge in [-0.2, -0.15) is 5.10 Å². The quantitative estimate of drug-likeness (QED) is 0.867. The fourth-order valence-electron chi connectivity index (χ4n) is 1.65. The number of hydrogen-bond acceptors (Lipinski definition) is 3. The van der Waals surface area contributed by atoms with Crippen LogP contribution < -0.4 is 5.73 Å². The van der Waals surface area contributed by atoms with Gasteiger partial charge in [0.15, 0.2) is 0 Å². The second-order valence-electron chi connectivity index (χ2n) is 3.73. The lowest BCUT2D eigenvalue weighted by molar-refractivity contribution is 0.757. The summed E-state index contributed by atoms with van der Waals surface area (Å²) >= 11 is 6.16. The van der Waals surface area contributed by atoms with Crippen LogP contribution in [-0.4, -0.2) is 14.8 Å². The first-order chi connectivity index (χ1) is 7.59. The Kier molecular flexibility index (Phi) is 2.83. The van der Waals surface area contributed by atoms with Crippen LogP contribution in [0.4, 0.5) is 5.69 Å². The predicted octanol–water partition coefficient (Wildman–Crippen LogP) is 1.95. The summed E-state index contributed by atoms with van der Waals surface area (Å²) in [6, 6.07) is 1.79. The monoisotopic (exact) mass is 236 g/mol. The van der Waals surface area contributed by atoms with Crippen molar-refractivity contribution in [3.63, 3.8) is 0 Å². The van der Waals surface area contributed by atoms with Crippen molar-refractivity contribution < 1.29 is 0 Å². The van der Waals surface area contributed by atoms with Gasteiger partial charge in [-0.3, -0.25) is 9.67 Å².